The minimum atomic E-state index is -4.70. The van der Waals surface area contributed by atoms with Gasteiger partial charge in [0.2, 0.25) is 0 Å². The van der Waals surface area contributed by atoms with Crippen LogP contribution >= 0.6 is 0 Å². The molecule has 9 heteroatoms. The number of likely N-dealkylation sites (tertiary alicyclic amines) is 1. The van der Waals surface area contributed by atoms with Gasteiger partial charge >= 0.3 is 6.18 Å². The molecule has 0 spiro atoms. The molecule has 2 aromatic carbocycles. The van der Waals surface area contributed by atoms with E-state index in [0.717, 1.165) is 23.4 Å². The number of amides is 1. The Bertz CT molecular complexity index is 1200. The molecule has 2 heterocycles. The van der Waals surface area contributed by atoms with Crippen LogP contribution in [0.5, 0.6) is 5.75 Å². The molecule has 1 aromatic heterocycles. The average Bonchev–Trinajstić information content (AvgIpc) is 3.37. The van der Waals surface area contributed by atoms with E-state index >= 15 is 0 Å². The molecule has 170 valence electrons. The fraction of sp³-hybridized carbons (Fsp3) is 0.292. The lowest BCUT2D eigenvalue weighted by Gasteiger charge is -2.24. The van der Waals surface area contributed by atoms with Gasteiger partial charge in [0, 0.05) is 30.9 Å². The molecule has 33 heavy (non-hydrogen) atoms. The second-order valence-electron chi connectivity index (χ2n) is 8.61. The smallest absolute Gasteiger partial charge is 0.417 e. The molecule has 1 amide bonds. The topological polar surface area (TPSA) is 71.2 Å². The third-order valence-electron chi connectivity index (χ3n) is 5.59. The summed E-state index contributed by atoms with van der Waals surface area (Å²) >= 11 is 0. The van der Waals surface area contributed by atoms with Gasteiger partial charge in [0.1, 0.15) is 5.75 Å². The van der Waals surface area contributed by atoms with Crippen molar-refractivity contribution < 1.29 is 22.7 Å². The number of alkyl halides is 3. The summed E-state index contributed by atoms with van der Waals surface area (Å²) in [5.41, 5.74) is -0.405. The molecule has 4 rings (SSSR count). The quantitative estimate of drug-likeness (QED) is 0.566. The molecular formula is C24H21F3N4O2. The van der Waals surface area contributed by atoms with Gasteiger partial charge in [0.05, 0.1) is 22.9 Å². The number of hydrogen-bond acceptors (Lipinski definition) is 4. The summed E-state index contributed by atoms with van der Waals surface area (Å²) in [7, 11) is 0. The van der Waals surface area contributed by atoms with Crippen molar-refractivity contribution in [3.05, 3.63) is 77.6 Å². The zero-order valence-electron chi connectivity index (χ0n) is 18.0. The summed E-state index contributed by atoms with van der Waals surface area (Å²) < 4.78 is 47.4. The number of halogens is 3. The van der Waals surface area contributed by atoms with Gasteiger partial charge in [-0.2, -0.15) is 23.5 Å². The Morgan fingerprint density at radius 3 is 2.55 bits per heavy atom. The highest BCUT2D eigenvalue weighted by Crippen LogP contribution is 2.38. The zero-order valence-corrected chi connectivity index (χ0v) is 18.0. The van der Waals surface area contributed by atoms with Crippen molar-refractivity contribution in [3.63, 3.8) is 0 Å². The van der Waals surface area contributed by atoms with Crippen LogP contribution in [0.3, 0.4) is 0 Å². The maximum absolute atomic E-state index is 13.3. The molecular weight excluding hydrogens is 433 g/mol. The van der Waals surface area contributed by atoms with Crippen molar-refractivity contribution in [2.75, 3.05) is 6.54 Å². The van der Waals surface area contributed by atoms with Crippen LogP contribution in [0.1, 0.15) is 30.5 Å². The summed E-state index contributed by atoms with van der Waals surface area (Å²) in [5.74, 6) is -0.396. The number of benzene rings is 2. The standard InChI is InChI=1S/C24H21F3N4O2/c1-23(2)15-30(14-16-4-7-18(8-5-16)31-11-3-10-29-31)22(32)21(23)33-19-9-6-17(13-28)20(12-19)24(25,26)27/h3-12,21H,14-15H2,1-2H3. The maximum atomic E-state index is 13.3. The van der Waals surface area contributed by atoms with E-state index in [1.165, 1.54) is 12.1 Å². The van der Waals surface area contributed by atoms with Crippen LogP contribution in [0.25, 0.3) is 5.69 Å². The van der Waals surface area contributed by atoms with Crippen LogP contribution in [-0.4, -0.2) is 33.2 Å². The average molecular weight is 454 g/mol. The molecule has 0 radical (unpaired) electrons. The van der Waals surface area contributed by atoms with Crippen molar-refractivity contribution in [2.24, 2.45) is 5.41 Å². The highest BCUT2D eigenvalue weighted by molar-refractivity contribution is 5.84. The minimum absolute atomic E-state index is 0.0989. The number of ether oxygens (including phenoxy) is 1. The first kappa shape index (κ1) is 22.4. The molecule has 1 aliphatic heterocycles. The number of nitriles is 1. The molecule has 0 N–H and O–H groups in total. The second-order valence-corrected chi connectivity index (χ2v) is 8.61. The van der Waals surface area contributed by atoms with Gasteiger partial charge in [-0.25, -0.2) is 4.68 Å². The normalized spacial score (nSPS) is 17.8. The predicted octanol–water partition coefficient (Wildman–Crippen LogP) is 4.58. The Labute approximate surface area is 188 Å². The van der Waals surface area contributed by atoms with Crippen LogP contribution in [0.2, 0.25) is 0 Å². The third kappa shape index (κ3) is 4.55. The molecule has 6 nitrogen and oxygen atoms in total. The summed E-state index contributed by atoms with van der Waals surface area (Å²) in [6.45, 7) is 4.41. The van der Waals surface area contributed by atoms with E-state index in [0.29, 0.717) is 13.1 Å². The first-order valence-corrected chi connectivity index (χ1v) is 10.2. The van der Waals surface area contributed by atoms with Crippen LogP contribution in [-0.2, 0) is 17.5 Å². The highest BCUT2D eigenvalue weighted by Gasteiger charge is 2.48. The van der Waals surface area contributed by atoms with Gasteiger partial charge in [-0.05, 0) is 42.0 Å². The molecule has 3 aromatic rings. The van der Waals surface area contributed by atoms with E-state index in [1.807, 2.05) is 50.4 Å². The van der Waals surface area contributed by atoms with Gasteiger partial charge in [0.25, 0.3) is 5.91 Å². The number of rotatable bonds is 5. The van der Waals surface area contributed by atoms with Crippen molar-refractivity contribution in [1.82, 2.24) is 14.7 Å². The molecule has 1 aliphatic rings. The van der Waals surface area contributed by atoms with Crippen LogP contribution in [0, 0.1) is 16.7 Å². The van der Waals surface area contributed by atoms with Crippen molar-refractivity contribution in [2.45, 2.75) is 32.7 Å². The number of carbonyl (C=O) groups excluding carboxylic acids is 1. The van der Waals surface area contributed by atoms with Crippen LogP contribution in [0.15, 0.2) is 60.9 Å². The van der Waals surface area contributed by atoms with Gasteiger partial charge in [-0.1, -0.05) is 26.0 Å². The first-order valence-electron chi connectivity index (χ1n) is 10.2. The monoisotopic (exact) mass is 454 g/mol. The molecule has 1 saturated heterocycles. The number of nitrogens with zero attached hydrogens (tertiary/aromatic N) is 4. The van der Waals surface area contributed by atoms with E-state index in [-0.39, 0.29) is 11.7 Å². The Balaban J connectivity index is 1.51. The zero-order chi connectivity index (χ0) is 23.8. The molecule has 1 atom stereocenters. The lowest BCUT2D eigenvalue weighted by atomic mass is 9.89. The highest BCUT2D eigenvalue weighted by atomic mass is 19.4. The molecule has 0 aliphatic carbocycles. The van der Waals surface area contributed by atoms with E-state index in [2.05, 4.69) is 5.10 Å². The summed E-state index contributed by atoms with van der Waals surface area (Å²) in [6.07, 6.45) is -2.13. The largest absolute Gasteiger partial charge is 0.480 e. The second kappa shape index (κ2) is 8.28. The SMILES string of the molecule is CC1(C)CN(Cc2ccc(-n3cccn3)cc2)C(=O)C1Oc1ccc(C#N)c(C(F)(F)F)c1. The fourth-order valence-electron chi connectivity index (χ4n) is 3.96. The van der Waals surface area contributed by atoms with E-state index < -0.39 is 28.8 Å². The summed E-state index contributed by atoms with van der Waals surface area (Å²) in [6, 6.07) is 14.1. The molecule has 1 fully saturated rings. The lowest BCUT2D eigenvalue weighted by Crippen LogP contribution is -2.36. The van der Waals surface area contributed by atoms with Crippen molar-refractivity contribution in [1.29, 1.82) is 5.26 Å². The van der Waals surface area contributed by atoms with E-state index in [4.69, 9.17) is 10.00 Å². The number of carbonyl (C=O) groups is 1. The number of hydrogen-bond donors (Lipinski definition) is 0. The molecule has 1 unspecified atom stereocenters. The molecule has 0 bridgehead atoms. The number of aromatic nitrogens is 2. The Kier molecular flexibility index (Phi) is 5.62. The van der Waals surface area contributed by atoms with E-state index in [1.54, 1.807) is 15.8 Å². The van der Waals surface area contributed by atoms with Gasteiger partial charge in [-0.3, -0.25) is 4.79 Å². The van der Waals surface area contributed by atoms with Crippen molar-refractivity contribution in [3.8, 4) is 17.5 Å². The summed E-state index contributed by atoms with van der Waals surface area (Å²) in [4.78, 5) is 14.7. The van der Waals surface area contributed by atoms with E-state index in [9.17, 15) is 18.0 Å². The van der Waals surface area contributed by atoms with Gasteiger partial charge in [-0.15, -0.1) is 0 Å². The minimum Gasteiger partial charge on any atom is -0.480 e. The Hall–Kier alpha value is -3.80. The summed E-state index contributed by atoms with van der Waals surface area (Å²) in [5, 5.41) is 13.2. The third-order valence-corrected chi connectivity index (χ3v) is 5.59. The Morgan fingerprint density at radius 2 is 1.94 bits per heavy atom. The fourth-order valence-corrected chi connectivity index (χ4v) is 3.96. The van der Waals surface area contributed by atoms with Crippen LogP contribution < -0.4 is 4.74 Å². The first-order chi connectivity index (χ1) is 15.6. The molecule has 0 saturated carbocycles. The van der Waals surface area contributed by atoms with Gasteiger partial charge in [0.15, 0.2) is 6.10 Å². The Morgan fingerprint density at radius 1 is 1.21 bits per heavy atom. The van der Waals surface area contributed by atoms with Crippen LogP contribution in [0.4, 0.5) is 13.2 Å². The maximum Gasteiger partial charge on any atom is 0.417 e. The lowest BCUT2D eigenvalue weighted by molar-refractivity contribution is -0.138. The van der Waals surface area contributed by atoms with Gasteiger partial charge < -0.3 is 9.64 Å². The van der Waals surface area contributed by atoms with Crippen molar-refractivity contribution >= 4 is 5.91 Å². The predicted molar refractivity (Wildman–Crippen MR) is 113 cm³/mol.